The zero-order valence-electron chi connectivity index (χ0n) is 15.8. The van der Waals surface area contributed by atoms with Crippen LogP contribution in [0.3, 0.4) is 0 Å². The Balaban J connectivity index is 2.06. The number of allylic oxidation sites excluding steroid dienone is 1. The molecule has 0 radical (unpaired) electrons. The molecule has 0 bridgehead atoms. The van der Waals surface area contributed by atoms with Crippen LogP contribution in [0.4, 0.5) is 13.2 Å². The maximum Gasteiger partial charge on any atom is 0.414 e. The van der Waals surface area contributed by atoms with Gasteiger partial charge >= 0.3 is 6.18 Å². The summed E-state index contributed by atoms with van der Waals surface area (Å²) < 4.78 is 40.3. The van der Waals surface area contributed by atoms with Crippen LogP contribution >= 0.6 is 0 Å². The number of β-amino-alcohol motifs (C(OH)–C–C–N with tert-alkyl or cyclic N) is 1. The van der Waals surface area contributed by atoms with Crippen molar-refractivity contribution in [2.24, 2.45) is 0 Å². The van der Waals surface area contributed by atoms with E-state index in [0.717, 1.165) is 17.9 Å². The fourth-order valence-corrected chi connectivity index (χ4v) is 3.05. The number of fused-ring (bicyclic) bond motifs is 1. The third-order valence-corrected chi connectivity index (χ3v) is 4.66. The highest BCUT2D eigenvalue weighted by molar-refractivity contribution is 6.21. The molecule has 0 atom stereocenters. The van der Waals surface area contributed by atoms with Gasteiger partial charge in [-0.1, -0.05) is 24.3 Å². The number of rotatable bonds is 5. The van der Waals surface area contributed by atoms with Crippen molar-refractivity contribution < 1.29 is 32.7 Å². The lowest BCUT2D eigenvalue weighted by atomic mass is 10.0. The van der Waals surface area contributed by atoms with Gasteiger partial charge < -0.3 is 10.4 Å². The van der Waals surface area contributed by atoms with Crippen molar-refractivity contribution in [1.82, 2.24) is 10.2 Å². The number of amides is 3. The monoisotopic (exact) mass is 418 g/mol. The average Bonchev–Trinajstić information content (AvgIpc) is 2.96. The van der Waals surface area contributed by atoms with Gasteiger partial charge in [0.25, 0.3) is 17.7 Å². The van der Waals surface area contributed by atoms with Crippen LogP contribution in [0.5, 0.6) is 0 Å². The highest BCUT2D eigenvalue weighted by Gasteiger charge is 2.37. The first-order chi connectivity index (χ1) is 14.1. The number of imide groups is 1. The first kappa shape index (κ1) is 21.3. The Morgan fingerprint density at radius 2 is 1.63 bits per heavy atom. The Morgan fingerprint density at radius 3 is 2.23 bits per heavy atom. The lowest BCUT2D eigenvalue weighted by Crippen LogP contribution is -2.32. The molecule has 0 spiro atoms. The summed E-state index contributed by atoms with van der Waals surface area (Å²) in [6.45, 7) is 0.152. The van der Waals surface area contributed by atoms with Crippen LogP contribution in [-0.4, -0.2) is 47.1 Å². The third-order valence-electron chi connectivity index (χ3n) is 4.66. The number of carbonyl (C=O) groups is 3. The topological polar surface area (TPSA) is 86.7 Å². The maximum absolute atomic E-state index is 13.4. The largest absolute Gasteiger partial charge is 0.414 e. The van der Waals surface area contributed by atoms with Gasteiger partial charge in [-0.25, -0.2) is 0 Å². The lowest BCUT2D eigenvalue weighted by Gasteiger charge is -2.17. The number of halogens is 3. The Bertz CT molecular complexity index is 1050. The molecule has 9 heteroatoms. The van der Waals surface area contributed by atoms with Crippen LogP contribution in [0.25, 0.3) is 5.70 Å². The number of carbonyl (C=O) groups excluding carboxylic acids is 3. The quantitative estimate of drug-likeness (QED) is 0.731. The van der Waals surface area contributed by atoms with Crippen molar-refractivity contribution in [3.63, 3.8) is 0 Å². The van der Waals surface area contributed by atoms with Gasteiger partial charge in [0, 0.05) is 5.56 Å². The number of hydrogen-bond donors (Lipinski definition) is 2. The summed E-state index contributed by atoms with van der Waals surface area (Å²) in [5, 5.41) is 11.3. The van der Waals surface area contributed by atoms with Crippen molar-refractivity contribution in [2.45, 2.75) is 13.1 Å². The Hall–Kier alpha value is -3.46. The minimum atomic E-state index is -4.74. The zero-order valence-corrected chi connectivity index (χ0v) is 15.8. The molecule has 1 aliphatic heterocycles. The van der Waals surface area contributed by atoms with Gasteiger partial charge in [0.15, 0.2) is 0 Å². The minimum absolute atomic E-state index is 0.0237. The van der Waals surface area contributed by atoms with Gasteiger partial charge in [-0.15, -0.1) is 0 Å². The van der Waals surface area contributed by atoms with Gasteiger partial charge in [-0.05, 0) is 36.8 Å². The van der Waals surface area contributed by atoms with E-state index in [9.17, 15) is 27.6 Å². The number of benzene rings is 2. The first-order valence-corrected chi connectivity index (χ1v) is 8.91. The predicted octanol–water partition coefficient (Wildman–Crippen LogP) is 3.00. The second-order valence-corrected chi connectivity index (χ2v) is 6.56. The van der Waals surface area contributed by atoms with E-state index in [1.165, 1.54) is 24.3 Å². The summed E-state index contributed by atoms with van der Waals surface area (Å²) in [5.74, 6) is -2.11. The smallest absolute Gasteiger partial charge is 0.395 e. The zero-order chi connectivity index (χ0) is 22.1. The fourth-order valence-electron chi connectivity index (χ4n) is 3.05. The maximum atomic E-state index is 13.4. The van der Waals surface area contributed by atoms with Crippen LogP contribution in [0.1, 0.15) is 43.6 Å². The highest BCUT2D eigenvalue weighted by atomic mass is 19.4. The van der Waals surface area contributed by atoms with Crippen molar-refractivity contribution in [2.75, 3.05) is 13.2 Å². The number of nitrogens with one attached hydrogen (secondary N) is 1. The van der Waals surface area contributed by atoms with Crippen LogP contribution in [-0.2, 0) is 0 Å². The van der Waals surface area contributed by atoms with Gasteiger partial charge in [0.2, 0.25) is 0 Å². The third kappa shape index (κ3) is 3.97. The summed E-state index contributed by atoms with van der Waals surface area (Å²) in [6, 6.07) is 11.3. The molecule has 0 fully saturated rings. The van der Waals surface area contributed by atoms with Gasteiger partial charge in [-0.3, -0.25) is 19.3 Å². The van der Waals surface area contributed by atoms with Crippen molar-refractivity contribution >= 4 is 23.4 Å². The molecule has 2 aromatic rings. The summed E-state index contributed by atoms with van der Waals surface area (Å²) in [5.41, 5.74) is -1.55. The Kier molecular flexibility index (Phi) is 5.75. The van der Waals surface area contributed by atoms with E-state index in [1.54, 1.807) is 18.2 Å². The number of alkyl halides is 3. The van der Waals surface area contributed by atoms with Gasteiger partial charge in [0.05, 0.1) is 35.5 Å². The molecular weight excluding hydrogens is 401 g/mol. The molecule has 2 aromatic carbocycles. The molecular formula is C21H17F3N2O4. The molecule has 2 N–H and O–H groups in total. The van der Waals surface area contributed by atoms with Crippen LogP contribution < -0.4 is 5.32 Å². The molecule has 156 valence electrons. The molecule has 0 saturated carbocycles. The normalized spacial score (nSPS) is 14.5. The van der Waals surface area contributed by atoms with Crippen LogP contribution in [0, 0.1) is 0 Å². The highest BCUT2D eigenvalue weighted by Crippen LogP contribution is 2.33. The summed E-state index contributed by atoms with van der Waals surface area (Å²) in [6.07, 6.45) is -4.74. The molecule has 0 aromatic heterocycles. The summed E-state index contributed by atoms with van der Waals surface area (Å²) in [7, 11) is 0. The Morgan fingerprint density at radius 1 is 1.00 bits per heavy atom. The molecule has 0 unspecified atom stereocenters. The molecule has 0 saturated heterocycles. The molecule has 6 nitrogen and oxygen atoms in total. The second-order valence-electron chi connectivity index (χ2n) is 6.56. The number of aliphatic hydroxyl groups excluding tert-OH is 1. The van der Waals surface area contributed by atoms with E-state index in [-0.39, 0.29) is 28.8 Å². The molecule has 1 aliphatic rings. The second kappa shape index (κ2) is 8.11. The van der Waals surface area contributed by atoms with E-state index in [1.807, 2.05) is 0 Å². The number of hydrogen-bond acceptors (Lipinski definition) is 4. The standard InChI is InChI=1S/C21H17F3N2O4/c1-12(21(22,23)24)17(25-18(28)13-5-3-2-4-6-13)14-7-8-15-16(11-14)20(30)26(9-10-27)19(15)29/h2-8,11,27H,9-10H2,1H3,(H,25,28)/b17-12-. The number of nitrogens with zero attached hydrogens (tertiary/aromatic N) is 1. The van der Waals surface area contributed by atoms with Gasteiger partial charge in [-0.2, -0.15) is 13.2 Å². The summed E-state index contributed by atoms with van der Waals surface area (Å²) in [4.78, 5) is 38.0. The van der Waals surface area contributed by atoms with Crippen LogP contribution in [0.15, 0.2) is 54.1 Å². The van der Waals surface area contributed by atoms with Gasteiger partial charge in [0.1, 0.15) is 0 Å². The first-order valence-electron chi connectivity index (χ1n) is 8.91. The minimum Gasteiger partial charge on any atom is -0.395 e. The molecule has 3 rings (SSSR count). The SMILES string of the molecule is C/C(=C(/NC(=O)c1ccccc1)c1ccc2c(c1)C(=O)N(CCO)C2=O)C(F)(F)F. The van der Waals surface area contributed by atoms with Crippen molar-refractivity contribution in [1.29, 1.82) is 0 Å². The average molecular weight is 418 g/mol. The van der Waals surface area contributed by atoms with E-state index in [4.69, 9.17) is 5.11 Å². The molecule has 0 aliphatic carbocycles. The van der Waals surface area contributed by atoms with E-state index >= 15 is 0 Å². The molecule has 1 heterocycles. The molecule has 3 amide bonds. The Labute approximate surface area is 169 Å². The lowest BCUT2D eigenvalue weighted by molar-refractivity contribution is -0.0909. The van der Waals surface area contributed by atoms with Crippen LogP contribution in [0.2, 0.25) is 0 Å². The number of aliphatic hydroxyl groups is 1. The summed E-state index contributed by atoms with van der Waals surface area (Å²) >= 11 is 0. The van der Waals surface area contributed by atoms with E-state index in [2.05, 4.69) is 5.32 Å². The van der Waals surface area contributed by atoms with E-state index < -0.39 is 41.8 Å². The fraction of sp³-hybridized carbons (Fsp3) is 0.190. The molecule has 30 heavy (non-hydrogen) atoms. The van der Waals surface area contributed by atoms with Crippen molar-refractivity contribution in [3.05, 3.63) is 76.4 Å². The predicted molar refractivity (Wildman–Crippen MR) is 101 cm³/mol. The van der Waals surface area contributed by atoms with Crippen molar-refractivity contribution in [3.8, 4) is 0 Å². The van der Waals surface area contributed by atoms with E-state index in [0.29, 0.717) is 0 Å².